The predicted molar refractivity (Wildman–Crippen MR) is 69.6 cm³/mol. The van der Waals surface area contributed by atoms with Crippen LogP contribution in [-0.2, 0) is 6.42 Å². The van der Waals surface area contributed by atoms with Crippen molar-refractivity contribution in [1.82, 2.24) is 0 Å². The zero-order valence-electron chi connectivity index (χ0n) is 9.51. The highest BCUT2D eigenvalue weighted by molar-refractivity contribution is 14.1. The molecule has 5 heteroatoms. The van der Waals surface area contributed by atoms with Crippen LogP contribution in [0.2, 0.25) is 0 Å². The number of halogens is 2. The molecule has 0 heterocycles. The Morgan fingerprint density at radius 2 is 2.06 bits per heavy atom. The van der Waals surface area contributed by atoms with Gasteiger partial charge in [-0.25, -0.2) is 4.39 Å². The second-order valence-electron chi connectivity index (χ2n) is 3.58. The van der Waals surface area contributed by atoms with Gasteiger partial charge in [-0.05, 0) is 42.0 Å². The largest absolute Gasteiger partial charge is 0.496 e. The van der Waals surface area contributed by atoms with E-state index in [9.17, 15) is 4.39 Å². The Kier molecular flexibility index (Phi) is 4.79. The van der Waals surface area contributed by atoms with Crippen LogP contribution in [0.5, 0.6) is 11.5 Å². The molecular formula is C11H15FINO2. The maximum Gasteiger partial charge on any atom is 0.182 e. The van der Waals surface area contributed by atoms with Crippen molar-refractivity contribution in [1.29, 1.82) is 0 Å². The molecular weight excluding hydrogens is 324 g/mol. The Morgan fingerprint density at radius 3 is 2.50 bits per heavy atom. The first-order valence-corrected chi connectivity index (χ1v) is 5.93. The fourth-order valence-electron chi connectivity index (χ4n) is 1.50. The molecule has 0 amide bonds. The minimum Gasteiger partial charge on any atom is -0.496 e. The Bertz CT molecular complexity index is 383. The molecule has 0 saturated heterocycles. The SMILES string of the molecule is COc1cc(CC(C)N)c(OC)c(F)c1I. The number of hydrogen-bond acceptors (Lipinski definition) is 3. The normalized spacial score (nSPS) is 12.4. The summed E-state index contributed by atoms with van der Waals surface area (Å²) in [4.78, 5) is 0. The molecule has 1 atom stereocenters. The summed E-state index contributed by atoms with van der Waals surface area (Å²) < 4.78 is 24.5. The lowest BCUT2D eigenvalue weighted by molar-refractivity contribution is 0.367. The quantitative estimate of drug-likeness (QED) is 0.857. The Balaban J connectivity index is 3.29. The Labute approximate surface area is 108 Å². The van der Waals surface area contributed by atoms with Crippen molar-refractivity contribution in [2.24, 2.45) is 5.73 Å². The third-order valence-electron chi connectivity index (χ3n) is 2.17. The van der Waals surface area contributed by atoms with Gasteiger partial charge in [0.2, 0.25) is 0 Å². The third kappa shape index (κ3) is 2.76. The zero-order valence-corrected chi connectivity index (χ0v) is 11.7. The summed E-state index contributed by atoms with van der Waals surface area (Å²) in [5, 5.41) is 0. The molecule has 1 aromatic carbocycles. The van der Waals surface area contributed by atoms with E-state index in [0.717, 1.165) is 5.56 Å². The molecule has 1 aromatic rings. The molecule has 0 saturated carbocycles. The van der Waals surface area contributed by atoms with E-state index in [0.29, 0.717) is 15.7 Å². The van der Waals surface area contributed by atoms with Crippen LogP contribution in [0.15, 0.2) is 6.07 Å². The van der Waals surface area contributed by atoms with Gasteiger partial charge in [0.25, 0.3) is 0 Å². The highest BCUT2D eigenvalue weighted by Gasteiger charge is 2.18. The van der Waals surface area contributed by atoms with Crippen LogP contribution >= 0.6 is 22.6 Å². The highest BCUT2D eigenvalue weighted by atomic mass is 127. The first-order chi connectivity index (χ1) is 7.51. The van der Waals surface area contributed by atoms with Crippen LogP contribution in [0.1, 0.15) is 12.5 Å². The van der Waals surface area contributed by atoms with Gasteiger partial charge in [-0.1, -0.05) is 0 Å². The standard InChI is InChI=1S/C11H15FINO2/c1-6(14)4-7-5-8(15-2)10(13)9(12)11(7)16-3/h5-6H,4,14H2,1-3H3. The van der Waals surface area contributed by atoms with Crippen LogP contribution in [0, 0.1) is 9.39 Å². The van der Waals surface area contributed by atoms with E-state index in [-0.39, 0.29) is 11.8 Å². The van der Waals surface area contributed by atoms with E-state index in [1.165, 1.54) is 14.2 Å². The van der Waals surface area contributed by atoms with E-state index in [1.54, 1.807) is 6.07 Å². The van der Waals surface area contributed by atoms with Crippen molar-refractivity contribution in [3.8, 4) is 11.5 Å². The lowest BCUT2D eigenvalue weighted by Gasteiger charge is -2.15. The summed E-state index contributed by atoms with van der Waals surface area (Å²) in [5.41, 5.74) is 6.44. The fourth-order valence-corrected chi connectivity index (χ4v) is 2.12. The molecule has 1 rings (SSSR count). The summed E-state index contributed by atoms with van der Waals surface area (Å²) in [5.74, 6) is 0.371. The van der Waals surface area contributed by atoms with Crippen molar-refractivity contribution in [3.05, 3.63) is 21.0 Å². The van der Waals surface area contributed by atoms with Crippen LogP contribution in [0.4, 0.5) is 4.39 Å². The van der Waals surface area contributed by atoms with Crippen LogP contribution in [-0.4, -0.2) is 20.3 Å². The predicted octanol–water partition coefficient (Wildman–Crippen LogP) is 2.34. The molecule has 2 N–H and O–H groups in total. The summed E-state index contributed by atoms with van der Waals surface area (Å²) in [6.45, 7) is 1.86. The van der Waals surface area contributed by atoms with E-state index < -0.39 is 5.82 Å². The van der Waals surface area contributed by atoms with Gasteiger partial charge in [-0.3, -0.25) is 0 Å². The van der Waals surface area contributed by atoms with Gasteiger partial charge in [0.05, 0.1) is 17.8 Å². The minimum atomic E-state index is -0.391. The van der Waals surface area contributed by atoms with Gasteiger partial charge < -0.3 is 15.2 Å². The van der Waals surface area contributed by atoms with E-state index in [1.807, 2.05) is 29.5 Å². The molecule has 90 valence electrons. The third-order valence-corrected chi connectivity index (χ3v) is 3.18. The summed E-state index contributed by atoms with van der Waals surface area (Å²) in [7, 11) is 2.96. The number of rotatable bonds is 4. The second-order valence-corrected chi connectivity index (χ2v) is 4.66. The van der Waals surface area contributed by atoms with Gasteiger partial charge in [-0.15, -0.1) is 0 Å². The average Bonchev–Trinajstić information content (AvgIpc) is 2.23. The molecule has 0 fully saturated rings. The Hall–Kier alpha value is -0.560. The summed E-state index contributed by atoms with van der Waals surface area (Å²) in [6, 6.07) is 1.71. The number of methoxy groups -OCH3 is 2. The van der Waals surface area contributed by atoms with Crippen molar-refractivity contribution in [2.45, 2.75) is 19.4 Å². The molecule has 0 aliphatic heterocycles. The monoisotopic (exact) mass is 339 g/mol. The number of benzene rings is 1. The topological polar surface area (TPSA) is 44.5 Å². The van der Waals surface area contributed by atoms with E-state index >= 15 is 0 Å². The van der Waals surface area contributed by atoms with Gasteiger partial charge in [-0.2, -0.15) is 0 Å². The lowest BCUT2D eigenvalue weighted by atomic mass is 10.1. The molecule has 0 radical (unpaired) electrons. The van der Waals surface area contributed by atoms with Gasteiger partial charge in [0.1, 0.15) is 5.75 Å². The molecule has 0 aliphatic carbocycles. The first kappa shape index (κ1) is 13.5. The van der Waals surface area contributed by atoms with Gasteiger partial charge in [0, 0.05) is 11.6 Å². The summed E-state index contributed by atoms with van der Waals surface area (Å²) in [6.07, 6.45) is 0.549. The van der Waals surface area contributed by atoms with Gasteiger partial charge >= 0.3 is 0 Å². The van der Waals surface area contributed by atoms with Crippen molar-refractivity contribution in [3.63, 3.8) is 0 Å². The average molecular weight is 339 g/mol. The van der Waals surface area contributed by atoms with Crippen LogP contribution in [0.25, 0.3) is 0 Å². The van der Waals surface area contributed by atoms with Gasteiger partial charge in [0.15, 0.2) is 11.6 Å². The highest BCUT2D eigenvalue weighted by Crippen LogP contribution is 2.34. The van der Waals surface area contributed by atoms with E-state index in [4.69, 9.17) is 15.2 Å². The fraction of sp³-hybridized carbons (Fsp3) is 0.455. The molecule has 0 spiro atoms. The number of ether oxygens (including phenoxy) is 2. The maximum absolute atomic E-state index is 13.9. The zero-order chi connectivity index (χ0) is 12.3. The van der Waals surface area contributed by atoms with Crippen molar-refractivity contribution >= 4 is 22.6 Å². The Morgan fingerprint density at radius 1 is 1.44 bits per heavy atom. The number of hydrogen-bond donors (Lipinski definition) is 1. The van der Waals surface area contributed by atoms with Crippen molar-refractivity contribution < 1.29 is 13.9 Å². The lowest BCUT2D eigenvalue weighted by Crippen LogP contribution is -2.18. The molecule has 0 aromatic heterocycles. The minimum absolute atomic E-state index is 0.0573. The maximum atomic E-state index is 13.9. The molecule has 0 aliphatic rings. The summed E-state index contributed by atoms with van der Waals surface area (Å²) >= 11 is 1.89. The molecule has 1 unspecified atom stereocenters. The second kappa shape index (κ2) is 5.67. The molecule has 16 heavy (non-hydrogen) atoms. The number of nitrogens with two attached hydrogens (primary N) is 1. The smallest absolute Gasteiger partial charge is 0.182 e. The molecule has 0 bridgehead atoms. The first-order valence-electron chi connectivity index (χ1n) is 4.85. The van der Waals surface area contributed by atoms with E-state index in [2.05, 4.69) is 0 Å². The van der Waals surface area contributed by atoms with Crippen LogP contribution < -0.4 is 15.2 Å². The molecule has 3 nitrogen and oxygen atoms in total. The van der Waals surface area contributed by atoms with Crippen LogP contribution in [0.3, 0.4) is 0 Å². The van der Waals surface area contributed by atoms with Crippen molar-refractivity contribution in [2.75, 3.05) is 14.2 Å².